The molecule has 148 valence electrons. The molecule has 0 bridgehead atoms. The molecule has 0 radical (unpaired) electrons. The number of halogens is 2. The summed E-state index contributed by atoms with van der Waals surface area (Å²) in [6.07, 6.45) is 0. The van der Waals surface area contributed by atoms with Gasteiger partial charge in [-0.05, 0) is 30.7 Å². The molecule has 0 saturated carbocycles. The van der Waals surface area contributed by atoms with E-state index in [9.17, 15) is 4.79 Å². The van der Waals surface area contributed by atoms with Crippen molar-refractivity contribution in [2.24, 2.45) is 0 Å². The molecule has 0 heterocycles. The molecule has 0 aliphatic carbocycles. The van der Waals surface area contributed by atoms with E-state index in [0.29, 0.717) is 54.1 Å². The minimum Gasteiger partial charge on any atom is -0.496 e. The van der Waals surface area contributed by atoms with Gasteiger partial charge in [-0.2, -0.15) is 0 Å². The lowest BCUT2D eigenvalue weighted by Gasteiger charge is -2.12. The summed E-state index contributed by atoms with van der Waals surface area (Å²) in [5.41, 5.74) is 8.01. The molecule has 6 nitrogen and oxygen atoms in total. The molecule has 2 aromatic rings. The Hall–Kier alpha value is -1.99. The average Bonchev–Trinajstić information content (AvgIpc) is 2.63. The molecular formula is C19H24Cl2N2O4. The quantitative estimate of drug-likeness (QED) is 0.475. The van der Waals surface area contributed by atoms with Crippen LogP contribution in [0.5, 0.6) is 5.75 Å². The number of rotatable bonds is 9. The zero-order valence-electron chi connectivity index (χ0n) is 15.3. The van der Waals surface area contributed by atoms with Gasteiger partial charge in [-0.15, -0.1) is 12.4 Å². The first-order valence-corrected chi connectivity index (χ1v) is 8.61. The van der Waals surface area contributed by atoms with E-state index in [0.717, 1.165) is 5.56 Å². The molecule has 27 heavy (non-hydrogen) atoms. The minimum absolute atomic E-state index is 0. The van der Waals surface area contributed by atoms with Gasteiger partial charge in [-0.1, -0.05) is 23.7 Å². The summed E-state index contributed by atoms with van der Waals surface area (Å²) in [4.78, 5) is 12.6. The van der Waals surface area contributed by atoms with E-state index in [-0.39, 0.29) is 18.3 Å². The fourth-order valence-electron chi connectivity index (χ4n) is 2.30. The highest BCUT2D eigenvalue weighted by Crippen LogP contribution is 2.29. The van der Waals surface area contributed by atoms with Gasteiger partial charge in [0.25, 0.3) is 5.91 Å². The molecule has 0 aromatic heterocycles. The van der Waals surface area contributed by atoms with Crippen molar-refractivity contribution in [2.75, 3.05) is 38.0 Å². The number of benzene rings is 2. The number of nitrogens with one attached hydrogen (secondary N) is 1. The number of carbonyl (C=O) groups is 1. The summed E-state index contributed by atoms with van der Waals surface area (Å²) in [7, 11) is 1.47. The third kappa shape index (κ3) is 6.92. The lowest BCUT2D eigenvalue weighted by Crippen LogP contribution is -2.14. The van der Waals surface area contributed by atoms with Crippen LogP contribution >= 0.6 is 24.0 Å². The number of nitrogens with two attached hydrogens (primary N) is 1. The summed E-state index contributed by atoms with van der Waals surface area (Å²) in [6.45, 7) is 4.13. The van der Waals surface area contributed by atoms with E-state index in [1.165, 1.54) is 19.2 Å². The van der Waals surface area contributed by atoms with E-state index >= 15 is 0 Å². The number of nitrogen functional groups attached to an aromatic ring is 1. The van der Waals surface area contributed by atoms with Crippen molar-refractivity contribution in [3.8, 4) is 5.75 Å². The van der Waals surface area contributed by atoms with Crippen LogP contribution in [0.4, 0.5) is 11.4 Å². The molecule has 0 saturated heterocycles. The Labute approximate surface area is 170 Å². The van der Waals surface area contributed by atoms with Crippen LogP contribution in [0.1, 0.15) is 22.8 Å². The van der Waals surface area contributed by atoms with Crippen molar-refractivity contribution in [3.63, 3.8) is 0 Å². The van der Waals surface area contributed by atoms with Crippen LogP contribution < -0.4 is 15.8 Å². The first-order valence-electron chi connectivity index (χ1n) is 8.24. The third-order valence-corrected chi connectivity index (χ3v) is 3.92. The Kier molecular flexibility index (Phi) is 9.96. The maximum absolute atomic E-state index is 12.6. The minimum atomic E-state index is -0.335. The van der Waals surface area contributed by atoms with Gasteiger partial charge in [-0.3, -0.25) is 4.79 Å². The van der Waals surface area contributed by atoms with E-state index in [4.69, 9.17) is 31.5 Å². The Morgan fingerprint density at radius 2 is 1.93 bits per heavy atom. The van der Waals surface area contributed by atoms with Crippen molar-refractivity contribution < 1.29 is 19.0 Å². The Morgan fingerprint density at radius 1 is 1.19 bits per heavy atom. The van der Waals surface area contributed by atoms with Crippen LogP contribution in [0.3, 0.4) is 0 Å². The molecule has 0 fully saturated rings. The summed E-state index contributed by atoms with van der Waals surface area (Å²) in [5, 5.41) is 3.13. The Balaban J connectivity index is 0.00000364. The van der Waals surface area contributed by atoms with Gasteiger partial charge in [-0.25, -0.2) is 0 Å². The molecule has 0 unspecified atom stereocenters. The van der Waals surface area contributed by atoms with Crippen LogP contribution in [0.25, 0.3) is 0 Å². The van der Waals surface area contributed by atoms with E-state index in [1.807, 2.05) is 25.1 Å². The molecule has 2 aromatic carbocycles. The summed E-state index contributed by atoms with van der Waals surface area (Å²) >= 11 is 6.02. The molecule has 0 spiro atoms. The molecule has 0 aliphatic heterocycles. The first kappa shape index (κ1) is 23.0. The highest BCUT2D eigenvalue weighted by atomic mass is 35.5. The predicted octanol–water partition coefficient (Wildman–Crippen LogP) is 4.16. The second kappa shape index (κ2) is 11.7. The second-order valence-electron chi connectivity index (χ2n) is 5.48. The smallest absolute Gasteiger partial charge is 0.259 e. The lowest BCUT2D eigenvalue weighted by molar-refractivity contribution is 0.0453. The Morgan fingerprint density at radius 3 is 2.63 bits per heavy atom. The van der Waals surface area contributed by atoms with Gasteiger partial charge >= 0.3 is 0 Å². The highest BCUT2D eigenvalue weighted by Gasteiger charge is 2.15. The molecule has 3 N–H and O–H groups in total. The van der Waals surface area contributed by atoms with Crippen molar-refractivity contribution >= 4 is 41.3 Å². The molecule has 8 heteroatoms. The summed E-state index contributed by atoms with van der Waals surface area (Å²) in [5.74, 6) is 0.0259. The fraction of sp³-hybridized carbons (Fsp3) is 0.316. The third-order valence-electron chi connectivity index (χ3n) is 3.59. The average molecular weight is 415 g/mol. The van der Waals surface area contributed by atoms with Gasteiger partial charge < -0.3 is 25.3 Å². The Bertz CT molecular complexity index is 756. The summed E-state index contributed by atoms with van der Waals surface area (Å²) in [6, 6.07) is 10.4. The first-order chi connectivity index (χ1) is 12.5. The lowest BCUT2D eigenvalue weighted by atomic mass is 10.1. The number of hydrogen-bond donors (Lipinski definition) is 2. The van der Waals surface area contributed by atoms with Gasteiger partial charge in [0.15, 0.2) is 0 Å². The zero-order valence-corrected chi connectivity index (χ0v) is 16.9. The molecule has 0 atom stereocenters. The van der Waals surface area contributed by atoms with E-state index in [2.05, 4.69) is 5.32 Å². The molecular weight excluding hydrogens is 391 g/mol. The molecule has 2 rings (SSSR count). The number of hydrogen-bond acceptors (Lipinski definition) is 5. The number of ether oxygens (including phenoxy) is 3. The number of amides is 1. The highest BCUT2D eigenvalue weighted by molar-refractivity contribution is 6.33. The molecule has 1 amide bonds. The normalized spacial score (nSPS) is 10.2. The van der Waals surface area contributed by atoms with E-state index < -0.39 is 0 Å². The van der Waals surface area contributed by atoms with Gasteiger partial charge in [0, 0.05) is 18.4 Å². The van der Waals surface area contributed by atoms with Crippen molar-refractivity contribution in [1.82, 2.24) is 0 Å². The number of methoxy groups -OCH3 is 1. The largest absolute Gasteiger partial charge is 0.496 e. The maximum Gasteiger partial charge on any atom is 0.259 e. The van der Waals surface area contributed by atoms with Crippen LogP contribution in [0.2, 0.25) is 5.02 Å². The fourth-order valence-corrected chi connectivity index (χ4v) is 2.47. The molecule has 0 aliphatic rings. The maximum atomic E-state index is 12.6. The van der Waals surface area contributed by atoms with Crippen LogP contribution in [-0.4, -0.2) is 32.8 Å². The second-order valence-corrected chi connectivity index (χ2v) is 5.89. The standard InChI is InChI=1S/C19H23ClN2O4.ClH/c1-3-25-7-8-26-12-13-5-4-6-14(9-13)22-19(23)15-10-16(20)17(21)11-18(15)24-2;/h4-6,9-11H,3,7-8,12,21H2,1-2H3,(H,22,23);1H. The SMILES string of the molecule is CCOCCOCc1cccc(NC(=O)c2cc(Cl)c(N)cc2OC)c1.Cl. The monoisotopic (exact) mass is 414 g/mol. The number of carbonyl (C=O) groups excluding carboxylic acids is 1. The van der Waals surface area contributed by atoms with Crippen LogP contribution in [-0.2, 0) is 16.1 Å². The van der Waals surface area contributed by atoms with Gasteiger partial charge in [0.2, 0.25) is 0 Å². The van der Waals surface area contributed by atoms with Crippen LogP contribution in [0.15, 0.2) is 36.4 Å². The van der Waals surface area contributed by atoms with Crippen molar-refractivity contribution in [2.45, 2.75) is 13.5 Å². The topological polar surface area (TPSA) is 82.8 Å². The van der Waals surface area contributed by atoms with E-state index in [1.54, 1.807) is 6.07 Å². The zero-order chi connectivity index (χ0) is 18.9. The van der Waals surface area contributed by atoms with Crippen molar-refractivity contribution in [3.05, 3.63) is 52.5 Å². The van der Waals surface area contributed by atoms with Gasteiger partial charge in [0.1, 0.15) is 5.75 Å². The predicted molar refractivity (Wildman–Crippen MR) is 110 cm³/mol. The van der Waals surface area contributed by atoms with Crippen LogP contribution in [0, 0.1) is 0 Å². The summed E-state index contributed by atoms with van der Waals surface area (Å²) < 4.78 is 16.0. The van der Waals surface area contributed by atoms with Crippen molar-refractivity contribution in [1.29, 1.82) is 0 Å². The number of anilines is 2. The van der Waals surface area contributed by atoms with Gasteiger partial charge in [0.05, 0.1) is 43.2 Å².